The van der Waals surface area contributed by atoms with Gasteiger partial charge < -0.3 is 4.74 Å². The van der Waals surface area contributed by atoms with Crippen LogP contribution in [0.4, 0.5) is 13.2 Å². The SMILES string of the molecule is C/C=C/C=C/COCC#Cc1ccc(C(F)(F)F)cc1. The van der Waals surface area contributed by atoms with E-state index in [1.165, 1.54) is 12.1 Å². The van der Waals surface area contributed by atoms with E-state index in [9.17, 15) is 13.2 Å². The number of allylic oxidation sites excluding steroid dienone is 3. The summed E-state index contributed by atoms with van der Waals surface area (Å²) in [6.45, 7) is 2.61. The minimum absolute atomic E-state index is 0.237. The van der Waals surface area contributed by atoms with Crippen LogP contribution in [-0.4, -0.2) is 13.2 Å². The van der Waals surface area contributed by atoms with E-state index in [0.29, 0.717) is 12.2 Å². The van der Waals surface area contributed by atoms with E-state index < -0.39 is 11.7 Å². The van der Waals surface area contributed by atoms with Crippen molar-refractivity contribution in [3.63, 3.8) is 0 Å². The third-order valence-electron chi connectivity index (χ3n) is 2.27. The number of hydrogen-bond acceptors (Lipinski definition) is 1. The number of rotatable bonds is 4. The lowest BCUT2D eigenvalue weighted by Gasteiger charge is -2.05. The van der Waals surface area contributed by atoms with E-state index in [1.807, 2.05) is 31.2 Å². The molecule has 106 valence electrons. The van der Waals surface area contributed by atoms with Crippen molar-refractivity contribution in [2.24, 2.45) is 0 Å². The second-order valence-corrected chi connectivity index (χ2v) is 3.85. The van der Waals surface area contributed by atoms with Gasteiger partial charge in [0, 0.05) is 5.56 Å². The molecule has 0 radical (unpaired) electrons. The fourth-order valence-electron chi connectivity index (χ4n) is 1.30. The van der Waals surface area contributed by atoms with Gasteiger partial charge in [0.15, 0.2) is 0 Å². The predicted octanol–water partition coefficient (Wildman–Crippen LogP) is 4.21. The summed E-state index contributed by atoms with van der Waals surface area (Å²) in [6.07, 6.45) is 3.19. The van der Waals surface area contributed by atoms with Crippen LogP contribution in [0, 0.1) is 11.8 Å². The Hall–Kier alpha value is -1.99. The van der Waals surface area contributed by atoms with E-state index in [1.54, 1.807) is 0 Å². The van der Waals surface area contributed by atoms with Gasteiger partial charge in [-0.1, -0.05) is 36.1 Å². The van der Waals surface area contributed by atoms with Crippen LogP contribution in [0.15, 0.2) is 48.6 Å². The molecule has 0 saturated carbocycles. The van der Waals surface area contributed by atoms with Gasteiger partial charge in [-0.3, -0.25) is 0 Å². The fraction of sp³-hybridized carbons (Fsp3) is 0.250. The highest BCUT2D eigenvalue weighted by atomic mass is 19.4. The molecule has 1 aromatic carbocycles. The zero-order valence-corrected chi connectivity index (χ0v) is 11.1. The van der Waals surface area contributed by atoms with Crippen molar-refractivity contribution in [3.8, 4) is 11.8 Å². The lowest BCUT2D eigenvalue weighted by Crippen LogP contribution is -2.04. The van der Waals surface area contributed by atoms with E-state index >= 15 is 0 Å². The molecule has 0 heterocycles. The molecule has 0 spiro atoms. The first kappa shape index (κ1) is 16.1. The van der Waals surface area contributed by atoms with Gasteiger partial charge in [0.05, 0.1) is 12.2 Å². The number of halogens is 3. The zero-order chi connectivity index (χ0) is 14.8. The van der Waals surface area contributed by atoms with E-state index in [2.05, 4.69) is 11.8 Å². The molecule has 0 aliphatic rings. The Morgan fingerprint density at radius 1 is 1.15 bits per heavy atom. The molecule has 0 saturated heterocycles. The van der Waals surface area contributed by atoms with Gasteiger partial charge in [-0.2, -0.15) is 13.2 Å². The smallest absolute Gasteiger partial charge is 0.365 e. The minimum atomic E-state index is -4.31. The highest BCUT2D eigenvalue weighted by Gasteiger charge is 2.29. The monoisotopic (exact) mass is 280 g/mol. The lowest BCUT2D eigenvalue weighted by molar-refractivity contribution is -0.137. The number of alkyl halides is 3. The highest BCUT2D eigenvalue weighted by molar-refractivity contribution is 5.36. The topological polar surface area (TPSA) is 9.23 Å². The van der Waals surface area contributed by atoms with Crippen molar-refractivity contribution in [1.29, 1.82) is 0 Å². The summed E-state index contributed by atoms with van der Waals surface area (Å²) in [6, 6.07) is 4.74. The molecule has 0 aliphatic carbocycles. The van der Waals surface area contributed by atoms with Gasteiger partial charge in [0.2, 0.25) is 0 Å². The van der Waals surface area contributed by atoms with Crippen molar-refractivity contribution in [2.45, 2.75) is 13.1 Å². The van der Waals surface area contributed by atoms with Crippen LogP contribution in [-0.2, 0) is 10.9 Å². The standard InChI is InChI=1S/C16H15F3O/c1-2-3-4-5-12-20-13-6-7-14-8-10-15(11-9-14)16(17,18)19/h2-5,8-11H,12-13H2,1H3/b3-2+,5-4+. The van der Waals surface area contributed by atoms with Crippen molar-refractivity contribution >= 4 is 0 Å². The minimum Gasteiger partial charge on any atom is -0.365 e. The molecule has 1 rings (SSSR count). The first-order chi connectivity index (χ1) is 9.54. The van der Waals surface area contributed by atoms with Gasteiger partial charge in [0.1, 0.15) is 6.61 Å². The first-order valence-electron chi connectivity index (χ1n) is 6.05. The number of ether oxygens (including phenoxy) is 1. The average molecular weight is 280 g/mol. The number of benzene rings is 1. The Balaban J connectivity index is 2.40. The van der Waals surface area contributed by atoms with Gasteiger partial charge >= 0.3 is 6.18 Å². The molecular formula is C16H15F3O. The summed E-state index contributed by atoms with van der Waals surface area (Å²) < 4.78 is 42.2. The summed E-state index contributed by atoms with van der Waals surface area (Å²) >= 11 is 0. The van der Waals surface area contributed by atoms with Gasteiger partial charge in [0.25, 0.3) is 0 Å². The molecule has 20 heavy (non-hydrogen) atoms. The molecule has 0 fully saturated rings. The fourth-order valence-corrected chi connectivity index (χ4v) is 1.30. The maximum Gasteiger partial charge on any atom is 0.416 e. The molecule has 0 N–H and O–H groups in total. The van der Waals surface area contributed by atoms with E-state index in [4.69, 9.17) is 4.74 Å². The Labute approximate surface area is 116 Å². The maximum absolute atomic E-state index is 12.3. The Morgan fingerprint density at radius 2 is 1.85 bits per heavy atom. The summed E-state index contributed by atoms with van der Waals surface area (Å²) in [4.78, 5) is 0. The van der Waals surface area contributed by atoms with Crippen LogP contribution in [0.25, 0.3) is 0 Å². The highest BCUT2D eigenvalue weighted by Crippen LogP contribution is 2.28. The average Bonchev–Trinajstić information content (AvgIpc) is 2.41. The molecule has 0 amide bonds. The van der Waals surface area contributed by atoms with Crippen molar-refractivity contribution in [1.82, 2.24) is 0 Å². The third-order valence-corrected chi connectivity index (χ3v) is 2.27. The van der Waals surface area contributed by atoms with Crippen LogP contribution in [0.5, 0.6) is 0 Å². The van der Waals surface area contributed by atoms with E-state index in [-0.39, 0.29) is 6.61 Å². The number of hydrogen-bond donors (Lipinski definition) is 0. The molecule has 0 aliphatic heterocycles. The largest absolute Gasteiger partial charge is 0.416 e. The Kier molecular flexibility index (Phi) is 6.61. The van der Waals surface area contributed by atoms with Crippen LogP contribution in [0.1, 0.15) is 18.1 Å². The van der Waals surface area contributed by atoms with E-state index in [0.717, 1.165) is 12.1 Å². The van der Waals surface area contributed by atoms with Crippen LogP contribution >= 0.6 is 0 Å². The molecule has 0 unspecified atom stereocenters. The second-order valence-electron chi connectivity index (χ2n) is 3.85. The van der Waals surface area contributed by atoms with Gasteiger partial charge in [-0.25, -0.2) is 0 Å². The van der Waals surface area contributed by atoms with Gasteiger partial charge in [-0.05, 0) is 31.2 Å². The molecular weight excluding hydrogens is 265 g/mol. The molecule has 0 atom stereocenters. The molecule has 0 bridgehead atoms. The maximum atomic E-state index is 12.3. The van der Waals surface area contributed by atoms with Crippen LogP contribution in [0.3, 0.4) is 0 Å². The Bertz CT molecular complexity index is 513. The first-order valence-corrected chi connectivity index (χ1v) is 6.05. The zero-order valence-electron chi connectivity index (χ0n) is 11.1. The molecule has 0 aromatic heterocycles. The van der Waals surface area contributed by atoms with Gasteiger partial charge in [-0.15, -0.1) is 0 Å². The molecule has 1 nitrogen and oxygen atoms in total. The summed E-state index contributed by atoms with van der Waals surface area (Å²) in [5.41, 5.74) is -0.139. The molecule has 1 aromatic rings. The van der Waals surface area contributed by atoms with Crippen molar-refractivity contribution in [2.75, 3.05) is 13.2 Å². The normalized spacial score (nSPS) is 11.8. The summed E-state index contributed by atoms with van der Waals surface area (Å²) in [5.74, 6) is 5.49. The summed E-state index contributed by atoms with van der Waals surface area (Å²) in [7, 11) is 0. The third kappa shape index (κ3) is 6.26. The van der Waals surface area contributed by atoms with Crippen molar-refractivity contribution < 1.29 is 17.9 Å². The predicted molar refractivity (Wildman–Crippen MR) is 73.1 cm³/mol. The van der Waals surface area contributed by atoms with Crippen LogP contribution < -0.4 is 0 Å². The lowest BCUT2D eigenvalue weighted by atomic mass is 10.1. The van der Waals surface area contributed by atoms with Crippen molar-refractivity contribution in [3.05, 3.63) is 59.7 Å². The van der Waals surface area contributed by atoms with Crippen LogP contribution in [0.2, 0.25) is 0 Å². The second kappa shape index (κ2) is 8.23. The quantitative estimate of drug-likeness (QED) is 0.456. The molecule has 4 heteroatoms. The Morgan fingerprint density at radius 3 is 2.45 bits per heavy atom. The summed E-state index contributed by atoms with van der Waals surface area (Å²) in [5, 5.41) is 0.